The molecule has 0 aliphatic carbocycles. The summed E-state index contributed by atoms with van der Waals surface area (Å²) in [5.74, 6) is 1.10. The van der Waals surface area contributed by atoms with Crippen molar-refractivity contribution in [3.8, 4) is 5.75 Å². The number of hydrogen-bond acceptors (Lipinski definition) is 4. The number of nitrogens with zero attached hydrogens (tertiary/aromatic N) is 1. The van der Waals surface area contributed by atoms with Gasteiger partial charge in [-0.25, -0.2) is 9.79 Å². The highest BCUT2D eigenvalue weighted by Gasteiger charge is 2.24. The third kappa shape index (κ3) is 5.12. The number of benzene rings is 2. The van der Waals surface area contributed by atoms with E-state index in [0.717, 1.165) is 17.7 Å². The summed E-state index contributed by atoms with van der Waals surface area (Å²) in [5.41, 5.74) is 1.65. The lowest BCUT2D eigenvalue weighted by molar-refractivity contribution is -0.129. The van der Waals surface area contributed by atoms with Gasteiger partial charge in [-0.05, 0) is 54.3 Å². The number of hydrogen-bond donors (Lipinski definition) is 0. The van der Waals surface area contributed by atoms with Crippen molar-refractivity contribution < 1.29 is 14.3 Å². The number of carbonyl (C=O) groups excluding carboxylic acids is 1. The van der Waals surface area contributed by atoms with Crippen LogP contribution >= 0.6 is 23.2 Å². The Kier molecular flexibility index (Phi) is 6.19. The molecule has 1 aliphatic heterocycles. The number of ether oxygens (including phenoxy) is 2. The van der Waals surface area contributed by atoms with E-state index in [1.165, 1.54) is 0 Å². The van der Waals surface area contributed by atoms with E-state index >= 15 is 0 Å². The molecule has 0 unspecified atom stereocenters. The van der Waals surface area contributed by atoms with Gasteiger partial charge < -0.3 is 9.47 Å². The van der Waals surface area contributed by atoms with Crippen LogP contribution in [0.3, 0.4) is 0 Å². The van der Waals surface area contributed by atoms with E-state index in [1.54, 1.807) is 24.3 Å². The van der Waals surface area contributed by atoms with Gasteiger partial charge in [0.1, 0.15) is 5.75 Å². The number of cyclic esters (lactones) is 1. The topological polar surface area (TPSA) is 47.9 Å². The molecule has 0 atom stereocenters. The monoisotopic (exact) mass is 403 g/mol. The Morgan fingerprint density at radius 2 is 1.85 bits per heavy atom. The fraction of sp³-hybridized carbons (Fsp3) is 0.238. The maximum Gasteiger partial charge on any atom is 0.363 e. The van der Waals surface area contributed by atoms with Gasteiger partial charge in [0.25, 0.3) is 0 Å². The molecule has 0 saturated carbocycles. The summed E-state index contributed by atoms with van der Waals surface area (Å²) < 4.78 is 10.9. The molecule has 0 N–H and O–H groups in total. The van der Waals surface area contributed by atoms with Crippen molar-refractivity contribution >= 4 is 41.1 Å². The molecule has 2 aromatic carbocycles. The largest absolute Gasteiger partial charge is 0.494 e. The molecule has 0 fully saturated rings. The second-order valence-corrected chi connectivity index (χ2v) is 7.38. The quantitative estimate of drug-likeness (QED) is 0.454. The first-order valence-electron chi connectivity index (χ1n) is 8.63. The fourth-order valence-electron chi connectivity index (χ4n) is 2.39. The molecule has 0 radical (unpaired) electrons. The molecule has 3 rings (SSSR count). The smallest absolute Gasteiger partial charge is 0.363 e. The number of halogens is 2. The van der Waals surface area contributed by atoms with Crippen molar-refractivity contribution in [3.63, 3.8) is 0 Å². The summed E-state index contributed by atoms with van der Waals surface area (Å²) in [4.78, 5) is 16.4. The van der Waals surface area contributed by atoms with E-state index in [4.69, 9.17) is 32.7 Å². The zero-order valence-corrected chi connectivity index (χ0v) is 16.6. The number of esters is 1. The minimum Gasteiger partial charge on any atom is -0.494 e. The van der Waals surface area contributed by atoms with Crippen LogP contribution in [0, 0.1) is 5.92 Å². The average Bonchev–Trinajstić information content (AvgIpc) is 2.99. The molecule has 27 heavy (non-hydrogen) atoms. The third-order valence-electron chi connectivity index (χ3n) is 3.93. The lowest BCUT2D eigenvalue weighted by Crippen LogP contribution is -2.05. The Hall–Kier alpha value is -2.30. The van der Waals surface area contributed by atoms with Crippen LogP contribution in [-0.4, -0.2) is 18.5 Å². The highest BCUT2D eigenvalue weighted by molar-refractivity contribution is 6.42. The van der Waals surface area contributed by atoms with E-state index in [1.807, 2.05) is 24.3 Å². The van der Waals surface area contributed by atoms with Crippen LogP contribution in [-0.2, 0) is 9.53 Å². The first kappa shape index (κ1) is 19.5. The molecule has 0 amide bonds. The summed E-state index contributed by atoms with van der Waals surface area (Å²) >= 11 is 11.9. The van der Waals surface area contributed by atoms with Gasteiger partial charge in [0.05, 0.1) is 16.7 Å². The van der Waals surface area contributed by atoms with Gasteiger partial charge in [-0.2, -0.15) is 0 Å². The van der Waals surface area contributed by atoms with Crippen molar-refractivity contribution in [1.29, 1.82) is 0 Å². The minimum absolute atomic E-state index is 0.207. The van der Waals surface area contributed by atoms with Crippen LogP contribution < -0.4 is 4.74 Å². The lowest BCUT2D eigenvalue weighted by atomic mass is 10.1. The summed E-state index contributed by atoms with van der Waals surface area (Å²) in [7, 11) is 0. The van der Waals surface area contributed by atoms with Crippen LogP contribution in [0.25, 0.3) is 6.08 Å². The molecule has 2 aromatic rings. The van der Waals surface area contributed by atoms with Crippen molar-refractivity contribution in [3.05, 3.63) is 69.3 Å². The van der Waals surface area contributed by atoms with Crippen molar-refractivity contribution in [2.45, 2.75) is 20.3 Å². The second-order valence-electron chi connectivity index (χ2n) is 6.56. The molecule has 140 valence electrons. The van der Waals surface area contributed by atoms with Gasteiger partial charge in [0.15, 0.2) is 5.70 Å². The van der Waals surface area contributed by atoms with Gasteiger partial charge in [-0.1, -0.05) is 49.2 Å². The predicted molar refractivity (Wildman–Crippen MR) is 108 cm³/mol. The third-order valence-corrected chi connectivity index (χ3v) is 4.67. The molecule has 0 spiro atoms. The summed E-state index contributed by atoms with van der Waals surface area (Å²) in [6, 6.07) is 12.4. The molecule has 4 nitrogen and oxygen atoms in total. The van der Waals surface area contributed by atoms with Crippen LogP contribution in [0.15, 0.2) is 53.2 Å². The molecular formula is C21H19Cl2NO3. The van der Waals surface area contributed by atoms with E-state index in [2.05, 4.69) is 18.8 Å². The molecule has 1 aliphatic rings. The van der Waals surface area contributed by atoms with Gasteiger partial charge >= 0.3 is 5.97 Å². The Labute approximate surface area is 168 Å². The number of aliphatic imine (C=N–C) groups is 1. The molecule has 6 heteroatoms. The highest BCUT2D eigenvalue weighted by Crippen LogP contribution is 2.26. The zero-order chi connectivity index (χ0) is 19.4. The van der Waals surface area contributed by atoms with Gasteiger partial charge in [-0.3, -0.25) is 0 Å². The van der Waals surface area contributed by atoms with Crippen LogP contribution in [0.2, 0.25) is 10.0 Å². The lowest BCUT2D eigenvalue weighted by Gasteiger charge is -2.08. The SMILES string of the molecule is CC(C)CCOc1ccc(C=C2N=C(c3ccc(Cl)c(Cl)c3)OC2=O)cc1. The van der Waals surface area contributed by atoms with E-state index in [9.17, 15) is 4.79 Å². The highest BCUT2D eigenvalue weighted by atomic mass is 35.5. The molecule has 0 saturated heterocycles. The first-order chi connectivity index (χ1) is 12.9. The van der Waals surface area contributed by atoms with Gasteiger partial charge in [-0.15, -0.1) is 0 Å². The van der Waals surface area contributed by atoms with E-state index in [-0.39, 0.29) is 11.6 Å². The Bertz CT molecular complexity index is 902. The minimum atomic E-state index is -0.506. The van der Waals surface area contributed by atoms with Crippen LogP contribution in [0.5, 0.6) is 5.75 Å². The summed E-state index contributed by atoms with van der Waals surface area (Å²) in [6.07, 6.45) is 2.68. The maximum absolute atomic E-state index is 12.1. The second kappa shape index (κ2) is 8.59. The Morgan fingerprint density at radius 3 is 2.52 bits per heavy atom. The van der Waals surface area contributed by atoms with Crippen LogP contribution in [0.4, 0.5) is 0 Å². The summed E-state index contributed by atoms with van der Waals surface area (Å²) in [5, 5.41) is 0.801. The first-order valence-corrected chi connectivity index (χ1v) is 9.39. The molecular weight excluding hydrogens is 385 g/mol. The van der Waals surface area contributed by atoms with E-state index < -0.39 is 5.97 Å². The van der Waals surface area contributed by atoms with E-state index in [0.29, 0.717) is 28.1 Å². The van der Waals surface area contributed by atoms with Crippen LogP contribution in [0.1, 0.15) is 31.4 Å². The molecule has 0 bridgehead atoms. The Morgan fingerprint density at radius 1 is 1.11 bits per heavy atom. The average molecular weight is 404 g/mol. The standard InChI is InChI=1S/C21H19Cl2NO3/c1-13(2)9-10-26-16-6-3-14(4-7-16)11-19-21(25)27-20(24-19)15-5-8-17(22)18(23)12-15/h3-8,11-13H,9-10H2,1-2H3. The fourth-order valence-corrected chi connectivity index (χ4v) is 2.69. The molecule has 0 aromatic heterocycles. The number of rotatable bonds is 6. The summed E-state index contributed by atoms with van der Waals surface area (Å²) in [6.45, 7) is 5.00. The predicted octanol–water partition coefficient (Wildman–Crippen LogP) is 5.76. The Balaban J connectivity index is 1.73. The van der Waals surface area contributed by atoms with Crippen molar-refractivity contribution in [1.82, 2.24) is 0 Å². The number of carbonyl (C=O) groups is 1. The zero-order valence-electron chi connectivity index (χ0n) is 15.0. The molecule has 1 heterocycles. The van der Waals surface area contributed by atoms with Gasteiger partial charge in [0.2, 0.25) is 5.90 Å². The maximum atomic E-state index is 12.1. The van der Waals surface area contributed by atoms with Crippen molar-refractivity contribution in [2.24, 2.45) is 10.9 Å². The van der Waals surface area contributed by atoms with Crippen molar-refractivity contribution in [2.75, 3.05) is 6.61 Å². The van der Waals surface area contributed by atoms with Gasteiger partial charge in [0, 0.05) is 5.56 Å². The normalized spacial score (nSPS) is 15.2.